The highest BCUT2D eigenvalue weighted by Gasteiger charge is 2.33. The van der Waals surface area contributed by atoms with Crippen LogP contribution in [-0.2, 0) is 4.74 Å². The SMILES string of the molecule is COC[C@H](C)C1=C[C@H](C#C[Si](C)(C)C)N(C(=O)Oc2ccccc2)c2ccccc21. The second-order valence-corrected chi connectivity index (χ2v) is 13.3. The lowest BCUT2D eigenvalue weighted by molar-refractivity contribution is 0.178. The second-order valence-electron chi connectivity index (χ2n) is 8.51. The van der Waals surface area contributed by atoms with Crippen molar-refractivity contribution in [2.24, 2.45) is 5.92 Å². The highest BCUT2D eigenvalue weighted by molar-refractivity contribution is 6.83. The van der Waals surface area contributed by atoms with E-state index in [9.17, 15) is 4.79 Å². The Morgan fingerprint density at radius 3 is 2.43 bits per heavy atom. The summed E-state index contributed by atoms with van der Waals surface area (Å²) in [5.41, 5.74) is 6.40. The first-order chi connectivity index (χ1) is 14.3. The first-order valence-electron chi connectivity index (χ1n) is 10.2. The minimum absolute atomic E-state index is 0.180. The van der Waals surface area contributed by atoms with E-state index in [1.165, 1.54) is 0 Å². The first kappa shape index (κ1) is 21.9. The number of methoxy groups -OCH3 is 1. The maximum atomic E-state index is 13.3. The fraction of sp³-hybridized carbons (Fsp3) is 0.320. The molecule has 156 valence electrons. The zero-order chi connectivity index (χ0) is 21.7. The van der Waals surface area contributed by atoms with E-state index in [1.807, 2.05) is 42.5 Å². The zero-order valence-electron chi connectivity index (χ0n) is 18.3. The van der Waals surface area contributed by atoms with Gasteiger partial charge < -0.3 is 9.47 Å². The van der Waals surface area contributed by atoms with E-state index in [0.29, 0.717) is 12.4 Å². The number of fused-ring (bicyclic) bond motifs is 1. The molecule has 1 aliphatic heterocycles. The van der Waals surface area contributed by atoms with E-state index in [4.69, 9.17) is 9.47 Å². The van der Waals surface area contributed by atoms with Crippen molar-refractivity contribution in [3.05, 3.63) is 66.2 Å². The zero-order valence-corrected chi connectivity index (χ0v) is 19.3. The quantitative estimate of drug-likeness (QED) is 0.477. The Morgan fingerprint density at radius 1 is 1.10 bits per heavy atom. The van der Waals surface area contributed by atoms with Gasteiger partial charge in [-0.1, -0.05) is 68.9 Å². The van der Waals surface area contributed by atoms with Crippen molar-refractivity contribution in [3.63, 3.8) is 0 Å². The van der Waals surface area contributed by atoms with Crippen molar-refractivity contribution in [1.29, 1.82) is 0 Å². The van der Waals surface area contributed by atoms with Gasteiger partial charge in [-0.15, -0.1) is 5.54 Å². The van der Waals surface area contributed by atoms with Gasteiger partial charge in [0.2, 0.25) is 0 Å². The highest BCUT2D eigenvalue weighted by Crippen LogP contribution is 2.38. The van der Waals surface area contributed by atoms with Gasteiger partial charge in [0, 0.05) is 18.6 Å². The van der Waals surface area contributed by atoms with E-state index in [1.54, 1.807) is 24.1 Å². The van der Waals surface area contributed by atoms with Crippen molar-refractivity contribution in [3.8, 4) is 17.2 Å². The van der Waals surface area contributed by atoms with Crippen LogP contribution in [0.15, 0.2) is 60.7 Å². The maximum absolute atomic E-state index is 13.3. The summed E-state index contributed by atoms with van der Waals surface area (Å²) in [6.07, 6.45) is 1.66. The average Bonchev–Trinajstić information content (AvgIpc) is 2.71. The van der Waals surface area contributed by atoms with Crippen LogP contribution in [0.4, 0.5) is 10.5 Å². The van der Waals surface area contributed by atoms with Crippen LogP contribution in [0.5, 0.6) is 5.75 Å². The predicted octanol–water partition coefficient (Wildman–Crippen LogP) is 5.62. The summed E-state index contributed by atoms with van der Waals surface area (Å²) in [4.78, 5) is 14.9. The van der Waals surface area contributed by atoms with Crippen LogP contribution in [0.2, 0.25) is 19.6 Å². The van der Waals surface area contributed by atoms with Crippen LogP contribution in [0, 0.1) is 17.4 Å². The van der Waals surface area contributed by atoms with Gasteiger partial charge in [0.1, 0.15) is 19.9 Å². The van der Waals surface area contributed by atoms with Crippen LogP contribution < -0.4 is 9.64 Å². The van der Waals surface area contributed by atoms with E-state index in [2.05, 4.69) is 44.1 Å². The number of carbonyl (C=O) groups is 1. The molecule has 0 fully saturated rings. The van der Waals surface area contributed by atoms with Crippen molar-refractivity contribution >= 4 is 25.4 Å². The third-order valence-electron chi connectivity index (χ3n) is 4.78. The first-order valence-corrected chi connectivity index (χ1v) is 13.7. The largest absolute Gasteiger partial charge is 0.421 e. The summed E-state index contributed by atoms with van der Waals surface area (Å²) in [6.45, 7) is 9.32. The Labute approximate surface area is 180 Å². The minimum Gasteiger partial charge on any atom is -0.410 e. The van der Waals surface area contributed by atoms with Crippen molar-refractivity contribution in [2.75, 3.05) is 18.6 Å². The van der Waals surface area contributed by atoms with Crippen molar-refractivity contribution in [2.45, 2.75) is 32.6 Å². The van der Waals surface area contributed by atoms with Gasteiger partial charge in [0.15, 0.2) is 0 Å². The topological polar surface area (TPSA) is 38.8 Å². The molecule has 5 heteroatoms. The molecular weight excluding hydrogens is 390 g/mol. The number of para-hydroxylation sites is 2. The molecule has 1 aliphatic rings. The van der Waals surface area contributed by atoms with Crippen LogP contribution in [-0.4, -0.2) is 33.9 Å². The summed E-state index contributed by atoms with van der Waals surface area (Å²) in [5, 5.41) is 0. The third kappa shape index (κ3) is 5.21. The summed E-state index contributed by atoms with van der Waals surface area (Å²) >= 11 is 0. The molecule has 0 N–H and O–H groups in total. The molecule has 0 bridgehead atoms. The lowest BCUT2D eigenvalue weighted by atomic mass is 9.88. The molecule has 2 atom stereocenters. The van der Waals surface area contributed by atoms with Crippen LogP contribution in [0.3, 0.4) is 0 Å². The number of rotatable bonds is 4. The molecule has 0 spiro atoms. The predicted molar refractivity (Wildman–Crippen MR) is 125 cm³/mol. The molecule has 0 saturated heterocycles. The molecule has 3 rings (SSSR count). The smallest absolute Gasteiger partial charge is 0.410 e. The monoisotopic (exact) mass is 419 g/mol. The number of ether oxygens (including phenoxy) is 2. The molecule has 1 amide bonds. The maximum Gasteiger partial charge on any atom is 0.421 e. The Bertz CT molecular complexity index is 983. The number of nitrogens with zero attached hydrogens (tertiary/aromatic N) is 1. The Hall–Kier alpha value is -2.81. The van der Waals surface area contributed by atoms with Crippen molar-refractivity contribution in [1.82, 2.24) is 0 Å². The fourth-order valence-corrected chi connectivity index (χ4v) is 4.01. The van der Waals surface area contributed by atoms with Crippen LogP contribution >= 0.6 is 0 Å². The second kappa shape index (κ2) is 9.33. The van der Waals surface area contributed by atoms with Gasteiger partial charge in [0.05, 0.1) is 12.3 Å². The molecule has 4 nitrogen and oxygen atoms in total. The third-order valence-corrected chi connectivity index (χ3v) is 5.67. The van der Waals surface area contributed by atoms with E-state index >= 15 is 0 Å². The molecule has 0 aromatic heterocycles. The average molecular weight is 420 g/mol. The normalized spacial score (nSPS) is 16.6. The number of amides is 1. The molecule has 1 heterocycles. The molecule has 0 unspecified atom stereocenters. The van der Waals surface area contributed by atoms with Crippen molar-refractivity contribution < 1.29 is 14.3 Å². The highest BCUT2D eigenvalue weighted by atomic mass is 28.3. The van der Waals surface area contributed by atoms with E-state index in [0.717, 1.165) is 16.8 Å². The fourth-order valence-electron chi connectivity index (χ4n) is 3.43. The van der Waals surface area contributed by atoms with Gasteiger partial charge in [0.25, 0.3) is 0 Å². The minimum atomic E-state index is -1.63. The number of benzene rings is 2. The van der Waals surface area contributed by atoms with E-state index < -0.39 is 20.2 Å². The molecule has 0 radical (unpaired) electrons. The number of hydrogen-bond acceptors (Lipinski definition) is 3. The lowest BCUT2D eigenvalue weighted by Gasteiger charge is -2.34. The summed E-state index contributed by atoms with van der Waals surface area (Å²) in [5.74, 6) is 4.06. The van der Waals surface area contributed by atoms with Crippen LogP contribution in [0.25, 0.3) is 5.57 Å². The Morgan fingerprint density at radius 2 is 1.77 bits per heavy atom. The molecule has 0 aliphatic carbocycles. The molecule has 2 aromatic carbocycles. The lowest BCUT2D eigenvalue weighted by Crippen LogP contribution is -2.43. The number of anilines is 1. The van der Waals surface area contributed by atoms with Gasteiger partial charge >= 0.3 is 6.09 Å². The Kier molecular flexibility index (Phi) is 6.81. The van der Waals surface area contributed by atoms with E-state index in [-0.39, 0.29) is 5.92 Å². The molecule has 2 aromatic rings. The molecule has 0 saturated carbocycles. The van der Waals surface area contributed by atoms with Crippen LogP contribution in [0.1, 0.15) is 12.5 Å². The summed E-state index contributed by atoms with van der Waals surface area (Å²) in [7, 11) is 0.0767. The summed E-state index contributed by atoms with van der Waals surface area (Å²) in [6, 6.07) is 16.7. The Balaban J connectivity index is 2.07. The van der Waals surface area contributed by atoms with Gasteiger partial charge in [-0.05, 0) is 29.8 Å². The van der Waals surface area contributed by atoms with Gasteiger partial charge in [-0.3, -0.25) is 4.90 Å². The molecule has 30 heavy (non-hydrogen) atoms. The van der Waals surface area contributed by atoms with Gasteiger partial charge in [-0.2, -0.15) is 0 Å². The standard InChI is InChI=1S/C25H29NO3Si/c1-19(18-28-2)23-17-20(15-16-30(3,4)5)26(24-14-10-9-13-22(23)24)25(27)29-21-11-7-6-8-12-21/h6-14,17,19-20H,18H2,1-5H3/t19-,20-/m0/s1. The number of hydrogen-bond donors (Lipinski definition) is 0. The molecular formula is C25H29NO3Si. The number of carbonyl (C=O) groups excluding carboxylic acids is 1. The summed E-state index contributed by atoms with van der Waals surface area (Å²) < 4.78 is 11.1. The van der Waals surface area contributed by atoms with Gasteiger partial charge in [-0.25, -0.2) is 4.79 Å².